The Hall–Kier alpha value is -4.73. The summed E-state index contributed by atoms with van der Waals surface area (Å²) in [7, 11) is 0. The number of ether oxygens (including phenoxy) is 2. The number of hydrogen-bond acceptors (Lipinski definition) is 7. The molecular weight excluding hydrogens is 470 g/mol. The molecule has 0 fully saturated rings. The molecule has 0 saturated heterocycles. The molecule has 0 bridgehead atoms. The lowest BCUT2D eigenvalue weighted by atomic mass is 10.1. The van der Waals surface area contributed by atoms with Crippen molar-refractivity contribution in [1.29, 1.82) is 0 Å². The number of amides is 1. The second-order valence-corrected chi connectivity index (χ2v) is 9.05. The summed E-state index contributed by atoms with van der Waals surface area (Å²) >= 11 is 0. The average Bonchev–Trinajstić information content (AvgIpc) is 3.55. The van der Waals surface area contributed by atoms with E-state index in [2.05, 4.69) is 20.5 Å². The summed E-state index contributed by atoms with van der Waals surface area (Å²) in [5.74, 6) is 1.52. The molecule has 4 aromatic heterocycles. The minimum absolute atomic E-state index is 0.0691. The van der Waals surface area contributed by atoms with Crippen molar-refractivity contribution in [3.63, 3.8) is 0 Å². The maximum Gasteiger partial charge on any atom is 0.257 e. The summed E-state index contributed by atoms with van der Waals surface area (Å²) < 4.78 is 15.0. The molecule has 186 valence electrons. The number of rotatable bonds is 6. The van der Waals surface area contributed by atoms with Gasteiger partial charge in [0, 0.05) is 36.3 Å². The number of nitrogens with one attached hydrogen (secondary N) is 1. The molecule has 0 atom stereocenters. The molecule has 1 amide bonds. The predicted octanol–water partition coefficient (Wildman–Crippen LogP) is 4.34. The minimum Gasteiger partial charge on any atom is -0.486 e. The second-order valence-electron chi connectivity index (χ2n) is 9.05. The molecule has 0 saturated carbocycles. The Morgan fingerprint density at radius 1 is 1.08 bits per heavy atom. The van der Waals surface area contributed by atoms with E-state index < -0.39 is 0 Å². The first-order chi connectivity index (χ1) is 18.0. The van der Waals surface area contributed by atoms with Crippen molar-refractivity contribution in [2.45, 2.75) is 26.4 Å². The number of aromatic nitrogens is 6. The van der Waals surface area contributed by atoms with Crippen LogP contribution < -0.4 is 14.8 Å². The third kappa shape index (κ3) is 4.49. The van der Waals surface area contributed by atoms with Crippen molar-refractivity contribution in [3.05, 3.63) is 78.4 Å². The van der Waals surface area contributed by atoms with Crippen LogP contribution in [0.1, 0.15) is 35.8 Å². The molecule has 1 aliphatic heterocycles. The topological polar surface area (TPSA) is 109 Å². The van der Waals surface area contributed by atoms with Crippen LogP contribution >= 0.6 is 0 Å². The van der Waals surface area contributed by atoms with E-state index in [0.29, 0.717) is 59.4 Å². The first kappa shape index (κ1) is 22.7. The fourth-order valence-electron chi connectivity index (χ4n) is 4.31. The van der Waals surface area contributed by atoms with E-state index in [9.17, 15) is 4.79 Å². The van der Waals surface area contributed by atoms with Gasteiger partial charge in [-0.25, -0.2) is 9.67 Å². The number of anilines is 1. The van der Waals surface area contributed by atoms with Gasteiger partial charge in [-0.05, 0) is 49.7 Å². The highest BCUT2D eigenvalue weighted by Crippen LogP contribution is 2.35. The minimum atomic E-state index is -0.291. The molecule has 10 nitrogen and oxygen atoms in total. The van der Waals surface area contributed by atoms with Gasteiger partial charge in [0.25, 0.3) is 5.91 Å². The molecule has 0 radical (unpaired) electrons. The third-order valence-electron chi connectivity index (χ3n) is 6.09. The quantitative estimate of drug-likeness (QED) is 0.373. The standard InChI is InChI=1S/C27H25N7O3/c1-17(2)34-26-21(15-29-34)20(13-22(30-26)19-5-6-23-24(12-19)37-11-10-36-23)27(35)31-25-7-9-33(32-25)16-18-4-3-8-28-14-18/h3-9,12-15,17H,10-11,16H2,1-2H3,(H,31,32,35). The molecule has 5 aromatic rings. The first-order valence-electron chi connectivity index (χ1n) is 12.1. The molecular formula is C27H25N7O3. The van der Waals surface area contributed by atoms with Crippen molar-refractivity contribution in [2.75, 3.05) is 18.5 Å². The Bertz CT molecular complexity index is 1590. The molecule has 1 aliphatic rings. The molecule has 1 aromatic carbocycles. The Balaban J connectivity index is 1.35. The SMILES string of the molecule is CC(C)n1ncc2c(C(=O)Nc3ccn(Cc4cccnc4)n3)cc(-c3ccc4c(c3)OCCO4)nc21. The average molecular weight is 496 g/mol. The van der Waals surface area contributed by atoms with Crippen LogP contribution in [0.3, 0.4) is 0 Å². The monoisotopic (exact) mass is 495 g/mol. The number of fused-ring (bicyclic) bond motifs is 2. The van der Waals surface area contributed by atoms with E-state index in [1.807, 2.05) is 55.1 Å². The highest BCUT2D eigenvalue weighted by molar-refractivity contribution is 6.12. The predicted molar refractivity (Wildman–Crippen MR) is 138 cm³/mol. The summed E-state index contributed by atoms with van der Waals surface area (Å²) in [5.41, 5.74) is 3.57. The van der Waals surface area contributed by atoms with Crippen molar-refractivity contribution < 1.29 is 14.3 Å². The Kier molecular flexibility index (Phi) is 5.76. The van der Waals surface area contributed by atoms with Crippen LogP contribution in [0.25, 0.3) is 22.3 Å². The molecule has 0 spiro atoms. The van der Waals surface area contributed by atoms with Crippen molar-refractivity contribution >= 4 is 22.8 Å². The number of benzene rings is 1. The van der Waals surface area contributed by atoms with Crippen molar-refractivity contribution in [3.8, 4) is 22.8 Å². The fourth-order valence-corrected chi connectivity index (χ4v) is 4.31. The van der Waals surface area contributed by atoms with Crippen LogP contribution in [0.5, 0.6) is 11.5 Å². The zero-order chi connectivity index (χ0) is 25.4. The number of carbonyl (C=O) groups is 1. The Labute approximate surface area is 212 Å². The fraction of sp³-hybridized carbons (Fsp3) is 0.222. The Morgan fingerprint density at radius 2 is 1.95 bits per heavy atom. The molecule has 0 aliphatic carbocycles. The van der Waals surface area contributed by atoms with Gasteiger partial charge < -0.3 is 14.8 Å². The highest BCUT2D eigenvalue weighted by atomic mass is 16.6. The van der Waals surface area contributed by atoms with Gasteiger partial charge in [-0.3, -0.25) is 14.5 Å². The van der Waals surface area contributed by atoms with Crippen molar-refractivity contribution in [2.24, 2.45) is 0 Å². The summed E-state index contributed by atoms with van der Waals surface area (Å²) in [5, 5.41) is 12.6. The zero-order valence-electron chi connectivity index (χ0n) is 20.5. The lowest BCUT2D eigenvalue weighted by molar-refractivity contribution is 0.102. The normalized spacial score (nSPS) is 12.7. The van der Waals surface area contributed by atoms with Crippen LogP contribution in [-0.2, 0) is 6.54 Å². The van der Waals surface area contributed by atoms with Crippen LogP contribution in [0.4, 0.5) is 5.82 Å². The third-order valence-corrected chi connectivity index (χ3v) is 6.09. The summed E-state index contributed by atoms with van der Waals surface area (Å²) in [6, 6.07) is 13.1. The lowest BCUT2D eigenvalue weighted by Crippen LogP contribution is -2.15. The van der Waals surface area contributed by atoms with Gasteiger partial charge in [0.15, 0.2) is 23.0 Å². The zero-order valence-corrected chi connectivity index (χ0v) is 20.5. The Morgan fingerprint density at radius 3 is 2.76 bits per heavy atom. The number of carbonyl (C=O) groups excluding carboxylic acids is 1. The van der Waals surface area contributed by atoms with Gasteiger partial charge in [-0.15, -0.1) is 0 Å². The molecule has 10 heteroatoms. The summed E-state index contributed by atoms with van der Waals surface area (Å²) in [4.78, 5) is 22.5. The largest absolute Gasteiger partial charge is 0.486 e. The van der Waals surface area contributed by atoms with E-state index in [-0.39, 0.29) is 11.9 Å². The molecule has 5 heterocycles. The van der Waals surface area contributed by atoms with E-state index in [1.54, 1.807) is 35.4 Å². The van der Waals surface area contributed by atoms with Crippen molar-refractivity contribution in [1.82, 2.24) is 29.5 Å². The number of pyridine rings is 2. The smallest absolute Gasteiger partial charge is 0.257 e. The highest BCUT2D eigenvalue weighted by Gasteiger charge is 2.21. The van der Waals surface area contributed by atoms with Gasteiger partial charge in [0.2, 0.25) is 0 Å². The molecule has 6 rings (SSSR count). The van der Waals surface area contributed by atoms with Crippen LogP contribution in [0.2, 0.25) is 0 Å². The maximum atomic E-state index is 13.5. The van der Waals surface area contributed by atoms with Gasteiger partial charge in [0.1, 0.15) is 13.2 Å². The van der Waals surface area contributed by atoms with Gasteiger partial charge in [0.05, 0.1) is 29.4 Å². The maximum absolute atomic E-state index is 13.5. The first-order valence-corrected chi connectivity index (χ1v) is 12.1. The van der Waals surface area contributed by atoms with Gasteiger partial charge in [-0.1, -0.05) is 6.07 Å². The van der Waals surface area contributed by atoms with Gasteiger partial charge in [-0.2, -0.15) is 10.2 Å². The second kappa shape index (κ2) is 9.38. The lowest BCUT2D eigenvalue weighted by Gasteiger charge is -2.19. The van der Waals surface area contributed by atoms with Crippen LogP contribution in [0.15, 0.2) is 67.3 Å². The molecule has 1 N–H and O–H groups in total. The molecule has 37 heavy (non-hydrogen) atoms. The van der Waals surface area contributed by atoms with Gasteiger partial charge >= 0.3 is 0 Å². The van der Waals surface area contributed by atoms with E-state index in [0.717, 1.165) is 11.1 Å². The summed E-state index contributed by atoms with van der Waals surface area (Å²) in [6.07, 6.45) is 7.03. The number of nitrogens with zero attached hydrogens (tertiary/aromatic N) is 6. The van der Waals surface area contributed by atoms with E-state index >= 15 is 0 Å². The van der Waals surface area contributed by atoms with Crippen LogP contribution in [0, 0.1) is 0 Å². The molecule has 0 unspecified atom stereocenters. The van der Waals surface area contributed by atoms with Crippen LogP contribution in [-0.4, -0.2) is 48.6 Å². The number of hydrogen-bond donors (Lipinski definition) is 1. The van der Waals surface area contributed by atoms with E-state index in [1.165, 1.54) is 0 Å². The summed E-state index contributed by atoms with van der Waals surface area (Å²) in [6.45, 7) is 5.62. The van der Waals surface area contributed by atoms with E-state index in [4.69, 9.17) is 14.5 Å².